The Morgan fingerprint density at radius 2 is 2.00 bits per heavy atom. The fraction of sp³-hybridized carbons (Fsp3) is 0.333. The van der Waals surface area contributed by atoms with E-state index in [-0.39, 0.29) is 11.8 Å². The number of primary amides is 1. The van der Waals surface area contributed by atoms with Crippen molar-refractivity contribution in [3.8, 4) is 0 Å². The lowest BCUT2D eigenvalue weighted by Crippen LogP contribution is -2.22. The fourth-order valence-electron chi connectivity index (χ4n) is 1.25. The molecule has 1 rings (SSSR count). The molecule has 0 spiro atoms. The van der Waals surface area contributed by atoms with Crippen LogP contribution < -0.4 is 11.1 Å². The van der Waals surface area contributed by atoms with Crippen LogP contribution in [-0.4, -0.2) is 11.8 Å². The maximum absolute atomic E-state index is 11.7. The lowest BCUT2D eigenvalue weighted by Gasteiger charge is -2.12. The molecule has 0 aliphatic rings. The SMILES string of the molecule is CC[C@@H](C)C(=O)Nc1ccccc1C(N)=O. The van der Waals surface area contributed by atoms with Gasteiger partial charge >= 0.3 is 0 Å². The van der Waals surface area contributed by atoms with E-state index in [0.717, 1.165) is 6.42 Å². The number of carbonyl (C=O) groups is 2. The van der Waals surface area contributed by atoms with Crippen LogP contribution in [0, 0.1) is 5.92 Å². The van der Waals surface area contributed by atoms with E-state index in [1.807, 2.05) is 13.8 Å². The molecule has 0 aliphatic heterocycles. The number of benzene rings is 1. The van der Waals surface area contributed by atoms with Crippen molar-refractivity contribution in [1.29, 1.82) is 0 Å². The van der Waals surface area contributed by atoms with Gasteiger partial charge in [-0.05, 0) is 18.6 Å². The predicted octanol–water partition coefficient (Wildman–Crippen LogP) is 1.77. The molecule has 1 atom stereocenters. The number of anilines is 1. The van der Waals surface area contributed by atoms with Crippen LogP contribution >= 0.6 is 0 Å². The first kappa shape index (κ1) is 12.2. The molecule has 0 saturated heterocycles. The van der Waals surface area contributed by atoms with Crippen molar-refractivity contribution < 1.29 is 9.59 Å². The van der Waals surface area contributed by atoms with Gasteiger partial charge in [0.15, 0.2) is 0 Å². The van der Waals surface area contributed by atoms with E-state index in [2.05, 4.69) is 5.32 Å². The zero-order valence-electron chi connectivity index (χ0n) is 9.49. The van der Waals surface area contributed by atoms with Crippen LogP contribution in [0.15, 0.2) is 24.3 Å². The third kappa shape index (κ3) is 2.82. The third-order valence-corrected chi connectivity index (χ3v) is 2.51. The van der Waals surface area contributed by atoms with Crippen LogP contribution in [0.5, 0.6) is 0 Å². The molecule has 0 radical (unpaired) electrons. The average Bonchev–Trinajstić information content (AvgIpc) is 2.28. The van der Waals surface area contributed by atoms with Crippen molar-refractivity contribution in [2.24, 2.45) is 11.7 Å². The largest absolute Gasteiger partial charge is 0.366 e. The Morgan fingerprint density at radius 3 is 2.56 bits per heavy atom. The van der Waals surface area contributed by atoms with E-state index in [0.29, 0.717) is 11.3 Å². The number of hydrogen-bond acceptors (Lipinski definition) is 2. The van der Waals surface area contributed by atoms with Crippen molar-refractivity contribution in [3.05, 3.63) is 29.8 Å². The van der Waals surface area contributed by atoms with E-state index < -0.39 is 5.91 Å². The summed E-state index contributed by atoms with van der Waals surface area (Å²) in [6.45, 7) is 3.77. The Labute approximate surface area is 94.8 Å². The first-order chi connectivity index (χ1) is 7.56. The minimum absolute atomic E-state index is 0.0825. The van der Waals surface area contributed by atoms with Gasteiger partial charge in [-0.1, -0.05) is 26.0 Å². The monoisotopic (exact) mass is 220 g/mol. The van der Waals surface area contributed by atoms with Gasteiger partial charge in [-0.25, -0.2) is 0 Å². The van der Waals surface area contributed by atoms with Crippen molar-refractivity contribution in [2.45, 2.75) is 20.3 Å². The summed E-state index contributed by atoms with van der Waals surface area (Å²) >= 11 is 0. The number of nitrogens with one attached hydrogen (secondary N) is 1. The molecule has 0 saturated carbocycles. The molecular weight excluding hydrogens is 204 g/mol. The number of amides is 2. The summed E-state index contributed by atoms with van der Waals surface area (Å²) in [5.74, 6) is -0.725. The Kier molecular flexibility index (Phi) is 4.05. The van der Waals surface area contributed by atoms with Crippen LogP contribution in [0.3, 0.4) is 0 Å². The van der Waals surface area contributed by atoms with E-state index in [4.69, 9.17) is 5.73 Å². The number of nitrogens with two attached hydrogens (primary N) is 1. The second-order valence-electron chi connectivity index (χ2n) is 3.71. The van der Waals surface area contributed by atoms with Gasteiger partial charge in [-0.2, -0.15) is 0 Å². The quantitative estimate of drug-likeness (QED) is 0.811. The van der Waals surface area contributed by atoms with E-state index >= 15 is 0 Å². The van der Waals surface area contributed by atoms with Gasteiger partial charge in [0.05, 0.1) is 11.3 Å². The van der Waals surface area contributed by atoms with Gasteiger partial charge in [0.1, 0.15) is 0 Å². The molecule has 0 fully saturated rings. The Morgan fingerprint density at radius 1 is 1.38 bits per heavy atom. The summed E-state index contributed by atoms with van der Waals surface area (Å²) in [5.41, 5.74) is 6.01. The molecule has 16 heavy (non-hydrogen) atoms. The number of rotatable bonds is 4. The minimum atomic E-state index is -0.542. The number of carbonyl (C=O) groups excluding carboxylic acids is 2. The zero-order valence-corrected chi connectivity index (χ0v) is 9.49. The van der Waals surface area contributed by atoms with E-state index in [1.165, 1.54) is 0 Å². The van der Waals surface area contributed by atoms with E-state index in [9.17, 15) is 9.59 Å². The van der Waals surface area contributed by atoms with Gasteiger partial charge < -0.3 is 11.1 Å². The predicted molar refractivity (Wildman–Crippen MR) is 63.0 cm³/mol. The highest BCUT2D eigenvalue weighted by molar-refractivity contribution is 6.03. The topological polar surface area (TPSA) is 72.2 Å². The van der Waals surface area contributed by atoms with Crippen molar-refractivity contribution in [1.82, 2.24) is 0 Å². The highest BCUT2D eigenvalue weighted by atomic mass is 16.2. The molecule has 0 aromatic heterocycles. The summed E-state index contributed by atoms with van der Waals surface area (Å²) in [6.07, 6.45) is 0.755. The molecule has 2 amide bonds. The normalized spacial score (nSPS) is 11.9. The minimum Gasteiger partial charge on any atom is -0.366 e. The second kappa shape index (κ2) is 5.30. The zero-order chi connectivity index (χ0) is 12.1. The van der Waals surface area contributed by atoms with Crippen molar-refractivity contribution >= 4 is 17.5 Å². The maximum atomic E-state index is 11.7. The van der Waals surface area contributed by atoms with Gasteiger partial charge in [0, 0.05) is 5.92 Å². The number of hydrogen-bond donors (Lipinski definition) is 2. The summed E-state index contributed by atoms with van der Waals surface area (Å²) in [5, 5.41) is 2.70. The summed E-state index contributed by atoms with van der Waals surface area (Å²) in [6, 6.07) is 6.71. The first-order valence-electron chi connectivity index (χ1n) is 5.26. The Hall–Kier alpha value is -1.84. The van der Waals surface area contributed by atoms with Gasteiger partial charge in [-0.15, -0.1) is 0 Å². The molecule has 4 nitrogen and oxygen atoms in total. The Bertz CT molecular complexity index is 402. The van der Waals surface area contributed by atoms with Crippen LogP contribution in [-0.2, 0) is 4.79 Å². The summed E-state index contributed by atoms with van der Waals surface area (Å²) < 4.78 is 0. The molecule has 0 heterocycles. The molecule has 0 bridgehead atoms. The van der Waals surface area contributed by atoms with Gasteiger partial charge in [0.2, 0.25) is 5.91 Å². The van der Waals surface area contributed by atoms with Crippen molar-refractivity contribution in [2.75, 3.05) is 5.32 Å². The second-order valence-corrected chi connectivity index (χ2v) is 3.71. The van der Waals surface area contributed by atoms with Gasteiger partial charge in [0.25, 0.3) is 5.91 Å². The molecular formula is C12H16N2O2. The fourth-order valence-corrected chi connectivity index (χ4v) is 1.25. The van der Waals surface area contributed by atoms with Crippen LogP contribution in [0.25, 0.3) is 0 Å². The highest BCUT2D eigenvalue weighted by Crippen LogP contribution is 2.15. The molecule has 86 valence electrons. The van der Waals surface area contributed by atoms with Gasteiger partial charge in [-0.3, -0.25) is 9.59 Å². The molecule has 3 N–H and O–H groups in total. The van der Waals surface area contributed by atoms with Crippen molar-refractivity contribution in [3.63, 3.8) is 0 Å². The lowest BCUT2D eigenvalue weighted by molar-refractivity contribution is -0.119. The smallest absolute Gasteiger partial charge is 0.250 e. The standard InChI is InChI=1S/C12H16N2O2/c1-3-8(2)12(16)14-10-7-5-4-6-9(10)11(13)15/h4-8H,3H2,1-2H3,(H2,13,15)(H,14,16)/t8-/m1/s1. The number of para-hydroxylation sites is 1. The van der Waals surface area contributed by atoms with Crippen LogP contribution in [0.2, 0.25) is 0 Å². The molecule has 1 aromatic carbocycles. The average molecular weight is 220 g/mol. The first-order valence-corrected chi connectivity index (χ1v) is 5.26. The summed E-state index contributed by atoms with van der Waals surface area (Å²) in [7, 11) is 0. The van der Waals surface area contributed by atoms with E-state index in [1.54, 1.807) is 24.3 Å². The summed E-state index contributed by atoms with van der Waals surface area (Å²) in [4.78, 5) is 22.8. The molecule has 0 unspecified atom stereocenters. The van der Waals surface area contributed by atoms with Crippen LogP contribution in [0.1, 0.15) is 30.6 Å². The lowest BCUT2D eigenvalue weighted by atomic mass is 10.1. The maximum Gasteiger partial charge on any atom is 0.250 e. The Balaban J connectivity index is 2.89. The third-order valence-electron chi connectivity index (χ3n) is 2.51. The highest BCUT2D eigenvalue weighted by Gasteiger charge is 2.13. The molecule has 0 aliphatic carbocycles. The molecule has 4 heteroatoms. The molecule has 1 aromatic rings. The van der Waals surface area contributed by atoms with Crippen LogP contribution in [0.4, 0.5) is 5.69 Å².